The van der Waals surface area contributed by atoms with Crippen molar-refractivity contribution < 1.29 is 18.7 Å². The summed E-state index contributed by atoms with van der Waals surface area (Å²) in [6.45, 7) is 8.86. The molecule has 1 N–H and O–H groups in total. The van der Waals surface area contributed by atoms with Gasteiger partial charge in [0.1, 0.15) is 11.9 Å². The third-order valence-corrected chi connectivity index (χ3v) is 7.38. The van der Waals surface area contributed by atoms with Gasteiger partial charge < -0.3 is 15.0 Å². The molecule has 1 aliphatic heterocycles. The Hall–Kier alpha value is -3.76. The van der Waals surface area contributed by atoms with E-state index in [0.29, 0.717) is 43.3 Å². The maximum atomic E-state index is 15.0. The molecule has 0 saturated carbocycles. The van der Waals surface area contributed by atoms with Crippen molar-refractivity contribution in [2.75, 3.05) is 26.8 Å². The summed E-state index contributed by atoms with van der Waals surface area (Å²) in [5.41, 5.74) is 2.83. The first-order valence-corrected chi connectivity index (χ1v) is 14.0. The highest BCUT2D eigenvalue weighted by Gasteiger charge is 2.42. The van der Waals surface area contributed by atoms with Crippen molar-refractivity contribution >= 4 is 11.8 Å². The lowest BCUT2D eigenvalue weighted by molar-refractivity contribution is -0.151. The largest absolute Gasteiger partial charge is 0.385 e. The van der Waals surface area contributed by atoms with Crippen LogP contribution in [0.3, 0.4) is 0 Å². The molecule has 1 fully saturated rings. The average Bonchev–Trinajstić information content (AvgIpc) is 2.97. The summed E-state index contributed by atoms with van der Waals surface area (Å²) in [6, 6.07) is 11.1. The average molecular weight is 563 g/mol. The van der Waals surface area contributed by atoms with Gasteiger partial charge in [0.15, 0.2) is 5.82 Å². The van der Waals surface area contributed by atoms with E-state index >= 15 is 4.39 Å². The third kappa shape index (κ3) is 7.31. The van der Waals surface area contributed by atoms with Gasteiger partial charge in [-0.1, -0.05) is 38.1 Å². The third-order valence-electron chi connectivity index (χ3n) is 7.38. The normalized spacial score (nSPS) is 18.4. The first-order valence-electron chi connectivity index (χ1n) is 14.0. The number of carbonyl (C=O) groups excluding carboxylic acids is 2. The van der Waals surface area contributed by atoms with E-state index in [0.717, 1.165) is 11.1 Å². The van der Waals surface area contributed by atoms with Gasteiger partial charge in [0, 0.05) is 69.0 Å². The lowest BCUT2D eigenvalue weighted by Crippen LogP contribution is -2.65. The van der Waals surface area contributed by atoms with Crippen LogP contribution in [0.5, 0.6) is 0 Å². The van der Waals surface area contributed by atoms with Crippen molar-refractivity contribution in [3.8, 4) is 11.4 Å². The number of pyridine rings is 1. The highest BCUT2D eigenvalue weighted by molar-refractivity contribution is 5.89. The van der Waals surface area contributed by atoms with Crippen molar-refractivity contribution in [3.63, 3.8) is 0 Å². The Morgan fingerprint density at radius 2 is 1.80 bits per heavy atom. The summed E-state index contributed by atoms with van der Waals surface area (Å²) in [4.78, 5) is 43.9. The molecule has 3 heterocycles. The number of hydrogen-bond donors (Lipinski definition) is 1. The Morgan fingerprint density at radius 3 is 2.46 bits per heavy atom. The number of amides is 2. The number of methoxy groups -OCH3 is 1. The fourth-order valence-electron chi connectivity index (χ4n) is 5.29. The van der Waals surface area contributed by atoms with Gasteiger partial charge >= 0.3 is 0 Å². The second-order valence-corrected chi connectivity index (χ2v) is 10.8. The van der Waals surface area contributed by atoms with Crippen LogP contribution in [0.2, 0.25) is 0 Å². The van der Waals surface area contributed by atoms with Crippen LogP contribution in [0.4, 0.5) is 4.39 Å². The van der Waals surface area contributed by atoms with E-state index in [1.807, 2.05) is 52.0 Å². The molecule has 1 saturated heterocycles. The smallest absolute Gasteiger partial charge is 0.244 e. The number of ether oxygens (including phenoxy) is 1. The summed E-state index contributed by atoms with van der Waals surface area (Å²) >= 11 is 0. The van der Waals surface area contributed by atoms with Crippen molar-refractivity contribution in [1.82, 2.24) is 30.1 Å². The molecular formula is C31H39FN6O3. The fraction of sp³-hybridized carbons (Fsp3) is 0.452. The molecule has 4 rings (SSSR count). The van der Waals surface area contributed by atoms with Gasteiger partial charge in [-0.3, -0.25) is 19.5 Å². The van der Waals surface area contributed by atoms with Crippen LogP contribution in [0, 0.1) is 18.7 Å². The predicted molar refractivity (Wildman–Crippen MR) is 154 cm³/mol. The Kier molecular flexibility index (Phi) is 10.1. The Bertz CT molecular complexity index is 1320. The maximum Gasteiger partial charge on any atom is 0.244 e. The quantitative estimate of drug-likeness (QED) is 0.400. The molecule has 218 valence electrons. The van der Waals surface area contributed by atoms with Crippen molar-refractivity contribution in [2.24, 2.45) is 5.92 Å². The van der Waals surface area contributed by atoms with E-state index in [1.165, 1.54) is 6.07 Å². The summed E-state index contributed by atoms with van der Waals surface area (Å²) in [5.74, 6) is -0.376. The summed E-state index contributed by atoms with van der Waals surface area (Å²) in [6.07, 6.45) is 3.89. The van der Waals surface area contributed by atoms with E-state index in [2.05, 4.69) is 25.2 Å². The molecule has 0 unspecified atom stereocenters. The van der Waals surface area contributed by atoms with E-state index < -0.39 is 17.9 Å². The fourth-order valence-corrected chi connectivity index (χ4v) is 5.29. The summed E-state index contributed by atoms with van der Waals surface area (Å²) in [5, 5.41) is 3.03. The number of nitrogens with zero attached hydrogens (tertiary/aromatic N) is 5. The molecule has 41 heavy (non-hydrogen) atoms. The number of nitrogens with one attached hydrogen (secondary N) is 1. The molecule has 1 aromatic carbocycles. The molecule has 3 atom stereocenters. The zero-order valence-corrected chi connectivity index (χ0v) is 24.4. The Balaban J connectivity index is 1.55. The topological polar surface area (TPSA) is 101 Å². The van der Waals surface area contributed by atoms with Gasteiger partial charge in [-0.2, -0.15) is 0 Å². The first kappa shape index (κ1) is 30.2. The molecule has 0 spiro atoms. The SMILES string of the molecule is COCC[C@H](c1nc(C)ccc1F)N1C[C@@H](C)N(C(=O)C(C)C)[C@@H](C(=O)NCc2ccc(-c3ncccn3)cc2)C1. The molecule has 2 aromatic heterocycles. The lowest BCUT2D eigenvalue weighted by Gasteiger charge is -2.47. The molecule has 0 bridgehead atoms. The Labute approximate surface area is 241 Å². The standard InChI is InChI=1S/C31H39FN6O3/c1-20(2)31(40)38-22(4)18-37(26(13-16-41-5)28-25(32)12-7-21(3)36-28)19-27(38)30(39)35-17-23-8-10-24(11-9-23)29-33-14-6-15-34-29/h6-12,14-15,20,22,26-27H,13,16-19H2,1-5H3,(H,35,39)/t22-,26-,27-/m1/s1. The van der Waals surface area contributed by atoms with Gasteiger partial charge in [-0.05, 0) is 44.0 Å². The number of aryl methyl sites for hydroxylation is 1. The monoisotopic (exact) mass is 562 g/mol. The minimum Gasteiger partial charge on any atom is -0.385 e. The minimum absolute atomic E-state index is 0.0854. The van der Waals surface area contributed by atoms with E-state index in [1.54, 1.807) is 36.5 Å². The van der Waals surface area contributed by atoms with Gasteiger partial charge in [0.2, 0.25) is 11.8 Å². The van der Waals surface area contributed by atoms with Crippen molar-refractivity contribution in [3.05, 3.63) is 77.6 Å². The van der Waals surface area contributed by atoms with Gasteiger partial charge in [-0.25, -0.2) is 14.4 Å². The molecule has 0 aliphatic carbocycles. The molecule has 9 nitrogen and oxygen atoms in total. The number of benzene rings is 1. The van der Waals surface area contributed by atoms with Crippen molar-refractivity contribution in [2.45, 2.75) is 58.8 Å². The van der Waals surface area contributed by atoms with E-state index in [4.69, 9.17) is 4.74 Å². The number of rotatable bonds is 10. The highest BCUT2D eigenvalue weighted by atomic mass is 19.1. The predicted octanol–water partition coefficient (Wildman–Crippen LogP) is 3.94. The van der Waals surface area contributed by atoms with Gasteiger partial charge in [-0.15, -0.1) is 0 Å². The minimum atomic E-state index is -0.747. The van der Waals surface area contributed by atoms with Crippen LogP contribution >= 0.6 is 0 Å². The van der Waals surface area contributed by atoms with E-state index in [-0.39, 0.29) is 30.3 Å². The van der Waals surface area contributed by atoms with E-state index in [9.17, 15) is 9.59 Å². The first-order chi connectivity index (χ1) is 19.7. The van der Waals surface area contributed by atoms with Crippen LogP contribution in [-0.4, -0.2) is 75.5 Å². The van der Waals surface area contributed by atoms with Gasteiger partial charge in [0.25, 0.3) is 0 Å². The molecular weight excluding hydrogens is 523 g/mol. The highest BCUT2D eigenvalue weighted by Crippen LogP contribution is 2.31. The van der Waals surface area contributed by atoms with Crippen molar-refractivity contribution in [1.29, 1.82) is 0 Å². The Morgan fingerprint density at radius 1 is 1.10 bits per heavy atom. The molecule has 3 aromatic rings. The maximum absolute atomic E-state index is 15.0. The summed E-state index contributed by atoms with van der Waals surface area (Å²) in [7, 11) is 1.61. The molecule has 1 aliphatic rings. The van der Waals surface area contributed by atoms with Crippen LogP contribution < -0.4 is 5.32 Å². The zero-order valence-electron chi connectivity index (χ0n) is 24.4. The second-order valence-electron chi connectivity index (χ2n) is 10.8. The van der Waals surface area contributed by atoms with Crippen LogP contribution in [0.1, 0.15) is 50.2 Å². The summed E-state index contributed by atoms with van der Waals surface area (Å²) < 4.78 is 20.4. The molecule has 2 amide bonds. The van der Waals surface area contributed by atoms with Crippen LogP contribution in [0.15, 0.2) is 54.9 Å². The number of hydrogen-bond acceptors (Lipinski definition) is 7. The zero-order chi connectivity index (χ0) is 29.5. The molecule has 10 heteroatoms. The lowest BCUT2D eigenvalue weighted by atomic mass is 9.98. The number of carbonyl (C=O) groups is 2. The number of halogens is 1. The van der Waals surface area contributed by atoms with Crippen LogP contribution in [0.25, 0.3) is 11.4 Å². The second kappa shape index (κ2) is 13.7. The number of piperazine rings is 1. The number of aromatic nitrogens is 3. The molecule has 0 radical (unpaired) electrons. The van der Waals surface area contributed by atoms with Gasteiger partial charge in [0.05, 0.1) is 11.7 Å². The van der Waals surface area contributed by atoms with Crippen LogP contribution in [-0.2, 0) is 20.9 Å².